The summed E-state index contributed by atoms with van der Waals surface area (Å²) in [6.07, 6.45) is 0. The summed E-state index contributed by atoms with van der Waals surface area (Å²) in [7, 11) is 0. The van der Waals surface area contributed by atoms with Crippen LogP contribution in [0.5, 0.6) is 0 Å². The van der Waals surface area contributed by atoms with Gasteiger partial charge in [0.2, 0.25) is 0 Å². The Balaban J connectivity index is 1.84. The molecule has 0 unspecified atom stereocenters. The fourth-order valence-electron chi connectivity index (χ4n) is 2.45. The van der Waals surface area contributed by atoms with E-state index in [0.29, 0.717) is 0 Å². The molecule has 2 aromatic carbocycles. The number of carbonyl (C=O) groups is 1. The van der Waals surface area contributed by atoms with Gasteiger partial charge in [-0.3, -0.25) is 4.79 Å². The van der Waals surface area contributed by atoms with E-state index in [-0.39, 0.29) is 5.78 Å². The SMILES string of the molecule is CC(=O)c1ccc(N2Cc3ccc(Br)cc3C2)cc1. The monoisotopic (exact) mass is 315 g/mol. The Hall–Kier alpha value is -1.61. The number of anilines is 1. The van der Waals surface area contributed by atoms with Gasteiger partial charge in [0.25, 0.3) is 0 Å². The van der Waals surface area contributed by atoms with Crippen LogP contribution in [0.4, 0.5) is 5.69 Å². The summed E-state index contributed by atoms with van der Waals surface area (Å²) in [6, 6.07) is 14.3. The number of ketones is 1. The summed E-state index contributed by atoms with van der Waals surface area (Å²) in [6.45, 7) is 3.45. The topological polar surface area (TPSA) is 20.3 Å². The van der Waals surface area contributed by atoms with Gasteiger partial charge in [0.1, 0.15) is 0 Å². The summed E-state index contributed by atoms with van der Waals surface area (Å²) in [5.74, 6) is 0.111. The van der Waals surface area contributed by atoms with Crippen molar-refractivity contribution < 1.29 is 4.79 Å². The zero-order valence-corrected chi connectivity index (χ0v) is 12.3. The minimum atomic E-state index is 0.111. The van der Waals surface area contributed by atoms with Crippen molar-refractivity contribution in [3.63, 3.8) is 0 Å². The van der Waals surface area contributed by atoms with Gasteiger partial charge in [-0.05, 0) is 54.4 Å². The first-order valence-electron chi connectivity index (χ1n) is 6.27. The number of hydrogen-bond donors (Lipinski definition) is 0. The Bertz CT molecular complexity index is 634. The molecule has 0 fully saturated rings. The molecule has 3 rings (SSSR count). The van der Waals surface area contributed by atoms with Gasteiger partial charge in [0.15, 0.2) is 5.78 Å². The molecule has 0 radical (unpaired) electrons. The number of Topliss-reactive ketones (excluding diaryl/α,β-unsaturated/α-hetero) is 1. The first-order chi connectivity index (χ1) is 9.13. The van der Waals surface area contributed by atoms with Crippen molar-refractivity contribution in [1.82, 2.24) is 0 Å². The maximum atomic E-state index is 11.3. The van der Waals surface area contributed by atoms with Gasteiger partial charge in [-0.1, -0.05) is 22.0 Å². The molecule has 0 atom stereocenters. The fraction of sp³-hybridized carbons (Fsp3) is 0.188. The minimum Gasteiger partial charge on any atom is -0.363 e. The highest BCUT2D eigenvalue weighted by Crippen LogP contribution is 2.30. The van der Waals surface area contributed by atoms with Crippen molar-refractivity contribution in [1.29, 1.82) is 0 Å². The lowest BCUT2D eigenvalue weighted by molar-refractivity contribution is 0.101. The maximum Gasteiger partial charge on any atom is 0.159 e. The lowest BCUT2D eigenvalue weighted by Gasteiger charge is -2.17. The van der Waals surface area contributed by atoms with Crippen LogP contribution in [-0.4, -0.2) is 5.78 Å². The molecule has 0 N–H and O–H groups in total. The van der Waals surface area contributed by atoms with E-state index in [1.807, 2.05) is 24.3 Å². The molecular weight excluding hydrogens is 302 g/mol. The van der Waals surface area contributed by atoms with Crippen molar-refractivity contribution in [2.45, 2.75) is 20.0 Å². The highest BCUT2D eigenvalue weighted by atomic mass is 79.9. The van der Waals surface area contributed by atoms with Gasteiger partial charge in [-0.25, -0.2) is 0 Å². The van der Waals surface area contributed by atoms with Crippen LogP contribution in [0.25, 0.3) is 0 Å². The molecule has 2 aromatic rings. The Morgan fingerprint density at radius 1 is 1.05 bits per heavy atom. The zero-order chi connectivity index (χ0) is 13.4. The number of carbonyl (C=O) groups excluding carboxylic acids is 1. The minimum absolute atomic E-state index is 0.111. The lowest BCUT2D eigenvalue weighted by Crippen LogP contribution is -2.14. The fourth-order valence-corrected chi connectivity index (χ4v) is 2.86. The first kappa shape index (κ1) is 12.4. The predicted molar refractivity (Wildman–Crippen MR) is 80.5 cm³/mol. The molecule has 0 aromatic heterocycles. The molecule has 0 saturated carbocycles. The highest BCUT2D eigenvalue weighted by molar-refractivity contribution is 9.10. The standard InChI is InChI=1S/C16H14BrNO/c1-11(19)12-3-6-16(7-4-12)18-9-13-2-5-15(17)8-14(13)10-18/h2-8H,9-10H2,1H3. The molecule has 96 valence electrons. The van der Waals surface area contributed by atoms with Crippen LogP contribution in [0.3, 0.4) is 0 Å². The van der Waals surface area contributed by atoms with Gasteiger partial charge >= 0.3 is 0 Å². The molecule has 2 nitrogen and oxygen atoms in total. The number of fused-ring (bicyclic) bond motifs is 1. The lowest BCUT2D eigenvalue weighted by atomic mass is 10.1. The van der Waals surface area contributed by atoms with E-state index in [2.05, 4.69) is 39.0 Å². The quantitative estimate of drug-likeness (QED) is 0.775. The largest absolute Gasteiger partial charge is 0.363 e. The summed E-state index contributed by atoms with van der Waals surface area (Å²) < 4.78 is 1.13. The summed E-state index contributed by atoms with van der Waals surface area (Å²) >= 11 is 3.51. The number of hydrogen-bond acceptors (Lipinski definition) is 2. The van der Waals surface area contributed by atoms with Crippen molar-refractivity contribution in [2.75, 3.05) is 4.90 Å². The second-order valence-corrected chi connectivity index (χ2v) is 5.79. The number of benzene rings is 2. The first-order valence-corrected chi connectivity index (χ1v) is 7.06. The predicted octanol–water partition coefficient (Wildman–Crippen LogP) is 4.17. The summed E-state index contributed by atoms with van der Waals surface area (Å²) in [5, 5.41) is 0. The van der Waals surface area contributed by atoms with Crippen LogP contribution in [0.15, 0.2) is 46.9 Å². The average Bonchev–Trinajstić information content (AvgIpc) is 2.81. The number of halogens is 1. The van der Waals surface area contributed by atoms with Crippen LogP contribution in [0, 0.1) is 0 Å². The normalized spacial score (nSPS) is 13.5. The Labute approximate surface area is 121 Å². The zero-order valence-electron chi connectivity index (χ0n) is 10.7. The van der Waals surface area contributed by atoms with E-state index in [9.17, 15) is 4.79 Å². The molecule has 19 heavy (non-hydrogen) atoms. The molecule has 0 bridgehead atoms. The van der Waals surface area contributed by atoms with Crippen molar-refractivity contribution in [3.8, 4) is 0 Å². The third-order valence-corrected chi connectivity index (χ3v) is 4.02. The highest BCUT2D eigenvalue weighted by Gasteiger charge is 2.19. The van der Waals surface area contributed by atoms with Crippen LogP contribution in [0.2, 0.25) is 0 Å². The van der Waals surface area contributed by atoms with Gasteiger partial charge in [-0.15, -0.1) is 0 Å². The molecule has 1 aliphatic rings. The second kappa shape index (κ2) is 4.82. The van der Waals surface area contributed by atoms with Crippen molar-refractivity contribution in [3.05, 3.63) is 63.6 Å². The summed E-state index contributed by atoms with van der Waals surface area (Å²) in [4.78, 5) is 13.6. The van der Waals surface area contributed by atoms with Crippen LogP contribution in [0.1, 0.15) is 28.4 Å². The van der Waals surface area contributed by atoms with Crippen LogP contribution in [-0.2, 0) is 13.1 Å². The summed E-state index contributed by atoms with van der Waals surface area (Å²) in [5.41, 5.74) is 4.67. The molecular formula is C16H14BrNO. The van der Waals surface area contributed by atoms with Crippen LogP contribution < -0.4 is 4.90 Å². The Morgan fingerprint density at radius 2 is 1.74 bits per heavy atom. The van der Waals surface area contributed by atoms with Crippen LogP contribution >= 0.6 is 15.9 Å². The smallest absolute Gasteiger partial charge is 0.159 e. The molecule has 0 spiro atoms. The van der Waals surface area contributed by atoms with E-state index >= 15 is 0 Å². The molecule has 0 aliphatic carbocycles. The molecule has 0 saturated heterocycles. The van der Waals surface area contributed by atoms with E-state index < -0.39 is 0 Å². The van der Waals surface area contributed by atoms with E-state index in [1.54, 1.807) is 6.92 Å². The number of rotatable bonds is 2. The Kier molecular flexibility index (Phi) is 3.15. The average molecular weight is 316 g/mol. The molecule has 3 heteroatoms. The van der Waals surface area contributed by atoms with Crippen molar-refractivity contribution >= 4 is 27.4 Å². The number of nitrogens with zero attached hydrogens (tertiary/aromatic N) is 1. The van der Waals surface area contributed by atoms with Gasteiger partial charge in [0, 0.05) is 28.8 Å². The van der Waals surface area contributed by atoms with Crippen molar-refractivity contribution in [2.24, 2.45) is 0 Å². The second-order valence-electron chi connectivity index (χ2n) is 4.87. The van der Waals surface area contributed by atoms with Gasteiger partial charge < -0.3 is 4.90 Å². The van der Waals surface area contributed by atoms with Gasteiger partial charge in [-0.2, -0.15) is 0 Å². The maximum absolute atomic E-state index is 11.3. The van der Waals surface area contributed by atoms with E-state index in [1.165, 1.54) is 11.1 Å². The van der Waals surface area contributed by atoms with Gasteiger partial charge in [0.05, 0.1) is 0 Å². The Morgan fingerprint density at radius 3 is 2.42 bits per heavy atom. The van der Waals surface area contributed by atoms with E-state index in [0.717, 1.165) is 28.8 Å². The molecule has 1 heterocycles. The third-order valence-electron chi connectivity index (χ3n) is 3.53. The third kappa shape index (κ3) is 2.43. The molecule has 0 amide bonds. The molecule has 1 aliphatic heterocycles. The van der Waals surface area contributed by atoms with E-state index in [4.69, 9.17) is 0 Å².